The number of hydrogen-bond donors (Lipinski definition) is 1. The van der Waals surface area contributed by atoms with Crippen LogP contribution in [-0.4, -0.2) is 15.3 Å². The first kappa shape index (κ1) is 17.6. The van der Waals surface area contributed by atoms with Crippen molar-refractivity contribution < 1.29 is 9.53 Å². The molecule has 5 nitrogen and oxygen atoms in total. The number of nitrogens with one attached hydrogen (secondary N) is 1. The van der Waals surface area contributed by atoms with Crippen LogP contribution in [0.1, 0.15) is 11.3 Å². The van der Waals surface area contributed by atoms with Crippen molar-refractivity contribution >= 4 is 39.5 Å². The fourth-order valence-corrected chi connectivity index (χ4v) is 3.55. The van der Waals surface area contributed by atoms with E-state index in [4.69, 9.17) is 16.3 Å². The number of halogens is 1. The van der Waals surface area contributed by atoms with Crippen LogP contribution in [0.4, 0.5) is 5.69 Å². The third-order valence-electron chi connectivity index (χ3n) is 3.98. The number of ether oxygens (including phenoxy) is 1. The predicted octanol–water partition coefficient (Wildman–Crippen LogP) is 4.81. The molecule has 27 heavy (non-hydrogen) atoms. The zero-order chi connectivity index (χ0) is 18.6. The predicted molar refractivity (Wildman–Crippen MR) is 108 cm³/mol. The Balaban J connectivity index is 1.32. The van der Waals surface area contributed by atoms with E-state index in [9.17, 15) is 4.79 Å². The molecule has 4 aromatic rings. The van der Waals surface area contributed by atoms with Crippen molar-refractivity contribution in [1.29, 1.82) is 0 Å². The van der Waals surface area contributed by atoms with Gasteiger partial charge in [-0.1, -0.05) is 29.8 Å². The van der Waals surface area contributed by atoms with Crippen LogP contribution in [0.3, 0.4) is 0 Å². The summed E-state index contributed by atoms with van der Waals surface area (Å²) in [7, 11) is 0. The first-order valence-corrected chi connectivity index (χ1v) is 9.60. The van der Waals surface area contributed by atoms with E-state index in [-0.39, 0.29) is 12.3 Å². The maximum Gasteiger partial charge on any atom is 0.230 e. The van der Waals surface area contributed by atoms with Crippen LogP contribution in [0, 0.1) is 0 Å². The number of carbonyl (C=O) groups excluding carboxylic acids is 1. The van der Waals surface area contributed by atoms with Crippen molar-refractivity contribution in [2.24, 2.45) is 0 Å². The van der Waals surface area contributed by atoms with Gasteiger partial charge in [0, 0.05) is 34.0 Å². The van der Waals surface area contributed by atoms with Gasteiger partial charge in [-0.25, -0.2) is 4.98 Å². The largest absolute Gasteiger partial charge is 0.489 e. The normalized spacial score (nSPS) is 10.9. The van der Waals surface area contributed by atoms with Gasteiger partial charge in [0.15, 0.2) is 4.96 Å². The van der Waals surface area contributed by atoms with Crippen LogP contribution in [0.25, 0.3) is 4.96 Å². The molecule has 1 N–H and O–H groups in total. The summed E-state index contributed by atoms with van der Waals surface area (Å²) in [5, 5.41) is 5.52. The van der Waals surface area contributed by atoms with Crippen LogP contribution in [0.15, 0.2) is 66.3 Å². The number of benzene rings is 2. The molecule has 0 radical (unpaired) electrons. The standard InChI is InChI=1S/C20H16ClN3O2S/c21-18-4-2-1-3-14(18)13-26-17-7-5-15(6-8-17)22-19(25)11-16-12-24-9-10-27-20(24)23-16/h1-10,12H,11,13H2,(H,22,25). The van der Waals surface area contributed by atoms with Crippen molar-refractivity contribution in [3.8, 4) is 5.75 Å². The summed E-state index contributed by atoms with van der Waals surface area (Å²) >= 11 is 7.67. The van der Waals surface area contributed by atoms with E-state index in [1.54, 1.807) is 11.3 Å². The Morgan fingerprint density at radius 3 is 2.78 bits per heavy atom. The smallest absolute Gasteiger partial charge is 0.230 e. The van der Waals surface area contributed by atoms with Gasteiger partial charge in [-0.2, -0.15) is 0 Å². The third-order valence-corrected chi connectivity index (χ3v) is 5.11. The quantitative estimate of drug-likeness (QED) is 0.508. The van der Waals surface area contributed by atoms with Crippen LogP contribution in [0.2, 0.25) is 5.02 Å². The summed E-state index contributed by atoms with van der Waals surface area (Å²) in [5.41, 5.74) is 2.39. The number of anilines is 1. The van der Waals surface area contributed by atoms with E-state index >= 15 is 0 Å². The third kappa shape index (κ3) is 4.30. The Labute approximate surface area is 165 Å². The fourth-order valence-electron chi connectivity index (χ4n) is 2.64. The van der Waals surface area contributed by atoms with Gasteiger partial charge in [0.2, 0.25) is 5.91 Å². The minimum absolute atomic E-state index is 0.106. The molecule has 4 rings (SSSR count). The summed E-state index contributed by atoms with van der Waals surface area (Å²) in [5.74, 6) is 0.604. The molecule has 0 saturated heterocycles. The molecule has 0 aliphatic heterocycles. The molecule has 2 aromatic heterocycles. The Hall–Kier alpha value is -2.83. The van der Waals surface area contributed by atoms with Crippen LogP contribution >= 0.6 is 22.9 Å². The van der Waals surface area contributed by atoms with E-state index in [1.807, 2.05) is 70.7 Å². The van der Waals surface area contributed by atoms with Gasteiger partial charge < -0.3 is 10.1 Å². The number of hydrogen-bond acceptors (Lipinski definition) is 4. The number of amides is 1. The van der Waals surface area contributed by atoms with Gasteiger partial charge in [0.05, 0.1) is 12.1 Å². The number of fused-ring (bicyclic) bond motifs is 1. The average molecular weight is 398 g/mol. The van der Waals surface area contributed by atoms with E-state index < -0.39 is 0 Å². The van der Waals surface area contributed by atoms with Crippen molar-refractivity contribution in [3.63, 3.8) is 0 Å². The van der Waals surface area contributed by atoms with Crippen molar-refractivity contribution in [2.75, 3.05) is 5.32 Å². The maximum absolute atomic E-state index is 12.2. The van der Waals surface area contributed by atoms with Gasteiger partial charge in [-0.05, 0) is 30.3 Å². The lowest BCUT2D eigenvalue weighted by atomic mass is 10.2. The Morgan fingerprint density at radius 2 is 2.00 bits per heavy atom. The van der Waals surface area contributed by atoms with E-state index in [0.717, 1.165) is 16.2 Å². The fraction of sp³-hybridized carbons (Fsp3) is 0.100. The number of aromatic nitrogens is 2. The second-order valence-electron chi connectivity index (χ2n) is 5.95. The van der Waals surface area contributed by atoms with Crippen LogP contribution in [-0.2, 0) is 17.8 Å². The molecule has 0 saturated carbocycles. The van der Waals surface area contributed by atoms with Crippen molar-refractivity contribution in [2.45, 2.75) is 13.0 Å². The highest BCUT2D eigenvalue weighted by atomic mass is 35.5. The first-order chi connectivity index (χ1) is 13.2. The lowest BCUT2D eigenvalue weighted by Crippen LogP contribution is -2.14. The molecule has 136 valence electrons. The molecule has 0 atom stereocenters. The maximum atomic E-state index is 12.2. The van der Waals surface area contributed by atoms with Gasteiger partial charge in [-0.3, -0.25) is 9.20 Å². The summed E-state index contributed by atoms with van der Waals surface area (Å²) in [6, 6.07) is 14.8. The number of thiazole rings is 1. The van der Waals surface area contributed by atoms with E-state index in [0.29, 0.717) is 23.1 Å². The molecule has 0 aliphatic rings. The summed E-state index contributed by atoms with van der Waals surface area (Å²) in [4.78, 5) is 17.5. The monoisotopic (exact) mass is 397 g/mol. The average Bonchev–Trinajstić information content (AvgIpc) is 3.24. The zero-order valence-corrected chi connectivity index (χ0v) is 15.8. The minimum atomic E-state index is -0.106. The van der Waals surface area contributed by atoms with Crippen molar-refractivity contribution in [1.82, 2.24) is 9.38 Å². The second kappa shape index (κ2) is 7.82. The molecule has 1 amide bonds. The SMILES string of the molecule is O=C(Cc1cn2ccsc2n1)Nc1ccc(OCc2ccccc2Cl)cc1. The number of rotatable bonds is 6. The summed E-state index contributed by atoms with van der Waals surface area (Å²) < 4.78 is 7.66. The topological polar surface area (TPSA) is 55.6 Å². The summed E-state index contributed by atoms with van der Waals surface area (Å²) in [6.07, 6.45) is 4.03. The molecule has 0 fully saturated rings. The molecule has 2 heterocycles. The van der Waals surface area contributed by atoms with Crippen molar-refractivity contribution in [3.05, 3.63) is 82.6 Å². The highest BCUT2D eigenvalue weighted by Gasteiger charge is 2.09. The Morgan fingerprint density at radius 1 is 1.19 bits per heavy atom. The highest BCUT2D eigenvalue weighted by Crippen LogP contribution is 2.20. The zero-order valence-electron chi connectivity index (χ0n) is 14.3. The molecule has 2 aromatic carbocycles. The van der Waals surface area contributed by atoms with Crippen LogP contribution < -0.4 is 10.1 Å². The van der Waals surface area contributed by atoms with Crippen LogP contribution in [0.5, 0.6) is 5.75 Å². The first-order valence-electron chi connectivity index (χ1n) is 8.34. The second-order valence-corrected chi connectivity index (χ2v) is 7.23. The highest BCUT2D eigenvalue weighted by molar-refractivity contribution is 7.15. The number of nitrogens with zero attached hydrogens (tertiary/aromatic N) is 2. The minimum Gasteiger partial charge on any atom is -0.489 e. The Kier molecular flexibility index (Phi) is 5.09. The lowest BCUT2D eigenvalue weighted by Gasteiger charge is -2.09. The molecular weight excluding hydrogens is 382 g/mol. The van der Waals surface area contributed by atoms with Gasteiger partial charge in [-0.15, -0.1) is 11.3 Å². The molecule has 0 unspecified atom stereocenters. The summed E-state index contributed by atoms with van der Waals surface area (Å²) in [6.45, 7) is 0.392. The van der Waals surface area contributed by atoms with Gasteiger partial charge >= 0.3 is 0 Å². The van der Waals surface area contributed by atoms with Gasteiger partial charge in [0.1, 0.15) is 12.4 Å². The number of imidazole rings is 1. The van der Waals surface area contributed by atoms with E-state index in [1.165, 1.54) is 0 Å². The molecular formula is C20H16ClN3O2S. The van der Waals surface area contributed by atoms with E-state index in [2.05, 4.69) is 10.3 Å². The lowest BCUT2D eigenvalue weighted by molar-refractivity contribution is -0.115. The number of carbonyl (C=O) groups is 1. The molecule has 0 bridgehead atoms. The molecule has 0 aliphatic carbocycles. The molecule has 0 spiro atoms. The Bertz CT molecular complexity index is 1040. The molecule has 7 heteroatoms. The van der Waals surface area contributed by atoms with Gasteiger partial charge in [0.25, 0.3) is 0 Å².